The smallest absolute Gasteiger partial charge is 0.298 e. The monoisotopic (exact) mass is 407 g/mol. The molecule has 0 bridgehead atoms. The van der Waals surface area contributed by atoms with Gasteiger partial charge in [0.05, 0.1) is 13.2 Å². The summed E-state index contributed by atoms with van der Waals surface area (Å²) in [5, 5.41) is 0.814. The van der Waals surface area contributed by atoms with Crippen molar-refractivity contribution in [1.29, 1.82) is 0 Å². The fraction of sp³-hybridized carbons (Fsp3) is 0.348. The molecule has 29 heavy (non-hydrogen) atoms. The topological polar surface area (TPSA) is 41.7 Å². The summed E-state index contributed by atoms with van der Waals surface area (Å²) in [5.41, 5.74) is 8.70. The van der Waals surface area contributed by atoms with Crippen molar-refractivity contribution >= 4 is 40.0 Å². The lowest BCUT2D eigenvalue weighted by molar-refractivity contribution is 0.120. The summed E-state index contributed by atoms with van der Waals surface area (Å²) in [6, 6.07) is 13.3. The van der Waals surface area contributed by atoms with E-state index in [2.05, 4.69) is 34.1 Å². The molecule has 0 amide bonds. The van der Waals surface area contributed by atoms with Gasteiger partial charge in [-0.1, -0.05) is 23.2 Å². The molecule has 6 heteroatoms. The zero-order valence-electron chi connectivity index (χ0n) is 16.2. The molecule has 0 saturated carbocycles. The normalized spacial score (nSPS) is 19.1. The summed E-state index contributed by atoms with van der Waals surface area (Å²) in [6.45, 7) is 5.04. The molecule has 6 rings (SSSR count). The third-order valence-electron chi connectivity index (χ3n) is 6.27. The van der Waals surface area contributed by atoms with Gasteiger partial charge in [-0.05, 0) is 59.9 Å². The lowest BCUT2D eigenvalue weighted by Crippen LogP contribution is -2.36. The minimum atomic E-state index is 0.698. The van der Waals surface area contributed by atoms with E-state index >= 15 is 0 Å². The second-order valence-corrected chi connectivity index (χ2v) is 8.42. The third kappa shape index (κ3) is 3.00. The number of hydrogen-bond acceptors (Lipinski definition) is 5. The van der Waals surface area contributed by atoms with E-state index < -0.39 is 0 Å². The molecule has 0 radical (unpaired) electrons. The van der Waals surface area contributed by atoms with Crippen molar-refractivity contribution in [3.8, 4) is 0 Å². The van der Waals surface area contributed by atoms with E-state index in [0.29, 0.717) is 6.01 Å². The highest BCUT2D eigenvalue weighted by atomic mass is 35.5. The Morgan fingerprint density at radius 3 is 2.76 bits per heavy atom. The molecule has 2 aromatic carbocycles. The van der Waals surface area contributed by atoms with E-state index in [1.165, 1.54) is 22.4 Å². The summed E-state index contributed by atoms with van der Waals surface area (Å²) < 4.78 is 11.4. The number of oxazole rings is 1. The zero-order valence-corrected chi connectivity index (χ0v) is 16.9. The molecule has 2 aliphatic heterocycles. The van der Waals surface area contributed by atoms with Crippen LogP contribution in [0.25, 0.3) is 16.7 Å². The quantitative estimate of drug-likeness (QED) is 0.624. The minimum Gasteiger partial charge on any atom is -0.423 e. The molecule has 5 nitrogen and oxygen atoms in total. The maximum atomic E-state index is 6.27. The fourth-order valence-electron chi connectivity index (χ4n) is 4.70. The van der Waals surface area contributed by atoms with Gasteiger partial charge in [0, 0.05) is 36.9 Å². The number of benzene rings is 2. The van der Waals surface area contributed by atoms with Crippen LogP contribution < -0.4 is 9.80 Å². The molecule has 148 valence electrons. The van der Waals surface area contributed by atoms with Gasteiger partial charge in [0.2, 0.25) is 0 Å². The molecule has 0 atom stereocenters. The van der Waals surface area contributed by atoms with Crippen molar-refractivity contribution in [3.05, 3.63) is 58.1 Å². The molecule has 1 aromatic heterocycles. The number of anilines is 2. The van der Waals surface area contributed by atoms with Crippen LogP contribution in [0.1, 0.15) is 17.5 Å². The van der Waals surface area contributed by atoms with Crippen LogP contribution >= 0.6 is 11.6 Å². The molecule has 3 aliphatic rings. The number of ether oxygens (including phenoxy) is 1. The van der Waals surface area contributed by atoms with E-state index in [1.807, 2.05) is 12.1 Å². The number of halogens is 1. The van der Waals surface area contributed by atoms with Crippen LogP contribution in [-0.2, 0) is 11.2 Å². The first-order chi connectivity index (χ1) is 14.2. The van der Waals surface area contributed by atoms with E-state index in [9.17, 15) is 0 Å². The van der Waals surface area contributed by atoms with Crippen LogP contribution in [0.4, 0.5) is 11.7 Å². The molecular weight excluding hydrogens is 386 g/mol. The van der Waals surface area contributed by atoms with Crippen LogP contribution in [0.15, 0.2) is 46.4 Å². The summed E-state index contributed by atoms with van der Waals surface area (Å²) in [6.07, 6.45) is 2.17. The molecule has 0 N–H and O–H groups in total. The Kier molecular flexibility index (Phi) is 4.06. The minimum absolute atomic E-state index is 0.698. The lowest BCUT2D eigenvalue weighted by Gasteiger charge is -2.30. The first kappa shape index (κ1) is 17.4. The standard InChI is InChI=1S/C23H22ClN3O2/c24-17-2-1-15-11-16-5-6-27(14-20(16)19(15)12-17)18-3-4-22-21(13-18)25-23(29-22)26-7-9-28-10-8-26/h1-4,12-13H,5-11,14H2. The van der Waals surface area contributed by atoms with Gasteiger partial charge < -0.3 is 19.0 Å². The van der Waals surface area contributed by atoms with Crippen LogP contribution in [0.5, 0.6) is 0 Å². The van der Waals surface area contributed by atoms with Crippen molar-refractivity contribution in [3.63, 3.8) is 0 Å². The Morgan fingerprint density at radius 1 is 0.966 bits per heavy atom. The predicted octanol–water partition coefficient (Wildman–Crippen LogP) is 4.54. The van der Waals surface area contributed by atoms with E-state index in [-0.39, 0.29) is 0 Å². The highest BCUT2D eigenvalue weighted by Crippen LogP contribution is 2.40. The summed E-state index contributed by atoms with van der Waals surface area (Å²) in [7, 11) is 0. The highest BCUT2D eigenvalue weighted by molar-refractivity contribution is 6.30. The number of fused-ring (bicyclic) bond motifs is 3. The molecule has 3 aromatic rings. The fourth-order valence-corrected chi connectivity index (χ4v) is 4.87. The Morgan fingerprint density at radius 2 is 1.86 bits per heavy atom. The Labute approximate surface area is 174 Å². The average molecular weight is 408 g/mol. The van der Waals surface area contributed by atoms with Gasteiger partial charge in [-0.2, -0.15) is 4.98 Å². The van der Waals surface area contributed by atoms with E-state index in [4.69, 9.17) is 25.7 Å². The predicted molar refractivity (Wildman–Crippen MR) is 116 cm³/mol. The molecule has 1 saturated heterocycles. The number of hydrogen-bond donors (Lipinski definition) is 0. The van der Waals surface area contributed by atoms with Gasteiger partial charge in [0.1, 0.15) is 5.52 Å². The van der Waals surface area contributed by atoms with E-state index in [0.717, 1.165) is 68.4 Å². The van der Waals surface area contributed by atoms with Crippen LogP contribution in [0, 0.1) is 0 Å². The van der Waals surface area contributed by atoms with Crippen molar-refractivity contribution in [2.75, 3.05) is 49.2 Å². The Balaban J connectivity index is 1.29. The second-order valence-electron chi connectivity index (χ2n) is 7.98. The van der Waals surface area contributed by atoms with Gasteiger partial charge >= 0.3 is 0 Å². The Bertz CT molecular complexity index is 1130. The van der Waals surface area contributed by atoms with Gasteiger partial charge in [-0.25, -0.2) is 0 Å². The summed E-state index contributed by atoms with van der Waals surface area (Å²) >= 11 is 6.27. The number of nitrogens with zero attached hydrogens (tertiary/aromatic N) is 3. The molecule has 1 aliphatic carbocycles. The van der Waals surface area contributed by atoms with Gasteiger partial charge in [0.25, 0.3) is 6.01 Å². The SMILES string of the molecule is Clc1ccc2c(c1)C1=C(CCN(c3ccc4oc(N5CCOCC5)nc4c3)C1)C2. The summed E-state index contributed by atoms with van der Waals surface area (Å²) in [5.74, 6) is 0. The maximum absolute atomic E-state index is 6.27. The van der Waals surface area contributed by atoms with Crippen LogP contribution in [0.3, 0.4) is 0 Å². The average Bonchev–Trinajstić information content (AvgIpc) is 3.34. The van der Waals surface area contributed by atoms with Gasteiger partial charge in [-0.15, -0.1) is 0 Å². The largest absolute Gasteiger partial charge is 0.423 e. The van der Waals surface area contributed by atoms with Gasteiger partial charge in [-0.3, -0.25) is 0 Å². The van der Waals surface area contributed by atoms with Crippen LogP contribution in [-0.4, -0.2) is 44.4 Å². The Hall–Kier alpha value is -2.50. The summed E-state index contributed by atoms with van der Waals surface area (Å²) in [4.78, 5) is 9.35. The lowest BCUT2D eigenvalue weighted by atomic mass is 9.99. The van der Waals surface area contributed by atoms with Crippen molar-refractivity contribution in [1.82, 2.24) is 4.98 Å². The van der Waals surface area contributed by atoms with Crippen LogP contribution in [0.2, 0.25) is 5.02 Å². The zero-order chi connectivity index (χ0) is 19.4. The second kappa shape index (κ2) is 6.78. The first-order valence-corrected chi connectivity index (χ1v) is 10.6. The first-order valence-electron chi connectivity index (χ1n) is 10.2. The third-order valence-corrected chi connectivity index (χ3v) is 6.50. The van der Waals surface area contributed by atoms with Crippen molar-refractivity contribution < 1.29 is 9.15 Å². The maximum Gasteiger partial charge on any atom is 0.298 e. The van der Waals surface area contributed by atoms with Gasteiger partial charge in [0.15, 0.2) is 5.58 Å². The molecule has 0 spiro atoms. The number of rotatable bonds is 2. The molecule has 3 heterocycles. The number of morpholine rings is 1. The number of aromatic nitrogens is 1. The van der Waals surface area contributed by atoms with Crippen molar-refractivity contribution in [2.45, 2.75) is 12.8 Å². The molecule has 0 unspecified atom stereocenters. The van der Waals surface area contributed by atoms with E-state index in [1.54, 1.807) is 5.57 Å². The molecule has 1 fully saturated rings. The molecular formula is C23H22ClN3O2. The van der Waals surface area contributed by atoms with Crippen molar-refractivity contribution in [2.24, 2.45) is 0 Å². The highest BCUT2D eigenvalue weighted by Gasteiger charge is 2.27.